The van der Waals surface area contributed by atoms with Crippen molar-refractivity contribution < 1.29 is 19.1 Å². The second kappa shape index (κ2) is 11.8. The van der Waals surface area contributed by atoms with Gasteiger partial charge in [0.2, 0.25) is 11.8 Å². The molecule has 0 aliphatic heterocycles. The first-order chi connectivity index (χ1) is 13.5. The van der Waals surface area contributed by atoms with Gasteiger partial charge >= 0.3 is 5.97 Å². The van der Waals surface area contributed by atoms with E-state index in [-0.39, 0.29) is 11.8 Å². The van der Waals surface area contributed by atoms with Gasteiger partial charge in [0, 0.05) is 0 Å². The van der Waals surface area contributed by atoms with Gasteiger partial charge in [-0.1, -0.05) is 44.2 Å². The predicted octanol–water partition coefficient (Wildman–Crippen LogP) is 3.22. The first-order valence-corrected chi connectivity index (χ1v) is 10.5. The van der Waals surface area contributed by atoms with Gasteiger partial charge in [-0.3, -0.25) is 9.59 Å². The van der Waals surface area contributed by atoms with Crippen LogP contribution in [0.4, 0.5) is 0 Å². The Morgan fingerprint density at radius 2 is 1.66 bits per heavy atom. The van der Waals surface area contributed by atoms with Crippen molar-refractivity contribution in [3.05, 3.63) is 35.9 Å². The number of nitrogens with one attached hydrogen (secondary N) is 2. The molecule has 0 aliphatic carbocycles. The van der Waals surface area contributed by atoms with Gasteiger partial charge in [-0.15, -0.1) is 11.6 Å². The van der Waals surface area contributed by atoms with Crippen LogP contribution in [0.3, 0.4) is 0 Å². The lowest BCUT2D eigenvalue weighted by molar-refractivity contribution is -0.159. The number of ether oxygens (including phenoxy) is 1. The van der Waals surface area contributed by atoms with Gasteiger partial charge in [-0.05, 0) is 51.5 Å². The molecule has 6 nitrogen and oxygen atoms in total. The van der Waals surface area contributed by atoms with E-state index in [4.69, 9.17) is 16.3 Å². The Kier molecular flexibility index (Phi) is 10.2. The van der Waals surface area contributed by atoms with Crippen LogP contribution in [-0.2, 0) is 25.5 Å². The summed E-state index contributed by atoms with van der Waals surface area (Å²) in [4.78, 5) is 37.3. The maximum absolute atomic E-state index is 12.9. The maximum Gasteiger partial charge on any atom is 0.329 e. The molecule has 0 aromatic heterocycles. The van der Waals surface area contributed by atoms with E-state index in [0.29, 0.717) is 19.3 Å². The molecule has 0 unspecified atom stereocenters. The quantitative estimate of drug-likeness (QED) is 0.446. The number of alkyl halides is 1. The minimum Gasteiger partial charge on any atom is -0.458 e. The molecule has 2 atom stereocenters. The summed E-state index contributed by atoms with van der Waals surface area (Å²) in [6.45, 7) is 9.27. The smallest absolute Gasteiger partial charge is 0.329 e. The zero-order valence-electron chi connectivity index (χ0n) is 18.0. The van der Waals surface area contributed by atoms with Gasteiger partial charge in [0.15, 0.2) is 0 Å². The third-order valence-corrected chi connectivity index (χ3v) is 4.30. The second-order valence-electron chi connectivity index (χ2n) is 8.50. The molecule has 162 valence electrons. The Balaban J connectivity index is 2.89. The molecule has 2 amide bonds. The largest absolute Gasteiger partial charge is 0.458 e. The summed E-state index contributed by atoms with van der Waals surface area (Å²) in [7, 11) is 0. The molecule has 1 aromatic rings. The van der Waals surface area contributed by atoms with Crippen LogP contribution in [0, 0.1) is 5.92 Å². The van der Waals surface area contributed by atoms with Gasteiger partial charge in [0.1, 0.15) is 23.6 Å². The molecule has 0 spiro atoms. The number of hydrogen-bond acceptors (Lipinski definition) is 4. The molecular formula is C22H33ClN2O4. The molecular weight excluding hydrogens is 392 g/mol. The van der Waals surface area contributed by atoms with Gasteiger partial charge < -0.3 is 15.4 Å². The van der Waals surface area contributed by atoms with Crippen molar-refractivity contribution in [3.8, 4) is 0 Å². The molecule has 0 saturated heterocycles. The van der Waals surface area contributed by atoms with Crippen molar-refractivity contribution in [2.75, 3.05) is 5.88 Å². The molecule has 7 heteroatoms. The summed E-state index contributed by atoms with van der Waals surface area (Å²) in [5.74, 6) is -1.40. The van der Waals surface area contributed by atoms with Crippen molar-refractivity contribution in [2.45, 2.75) is 71.6 Å². The topological polar surface area (TPSA) is 84.5 Å². The average molecular weight is 425 g/mol. The molecule has 0 saturated carbocycles. The minimum atomic E-state index is -0.793. The summed E-state index contributed by atoms with van der Waals surface area (Å²) in [6.07, 6.45) is 1.43. The van der Waals surface area contributed by atoms with E-state index in [0.717, 1.165) is 5.56 Å². The first-order valence-electron chi connectivity index (χ1n) is 9.94. The Hall–Kier alpha value is -2.08. The highest BCUT2D eigenvalue weighted by Gasteiger charge is 2.30. The standard InChI is InChI=1S/C22H33ClN2O4/c1-15(2)13-18(21(28)29-22(3,4)5)25-20(27)17(24-19(26)14-23)12-11-16-9-7-6-8-10-16/h6-10,15,17-18H,11-14H2,1-5H3,(H,24,26)(H,25,27)/t17-,18-/m0/s1. The Morgan fingerprint density at radius 1 is 1.03 bits per heavy atom. The summed E-state index contributed by atoms with van der Waals surface area (Å²) < 4.78 is 5.45. The Morgan fingerprint density at radius 3 is 2.17 bits per heavy atom. The van der Waals surface area contributed by atoms with E-state index in [1.807, 2.05) is 44.2 Å². The summed E-state index contributed by atoms with van der Waals surface area (Å²) in [5.41, 5.74) is 0.396. The number of aryl methyl sites for hydroxylation is 1. The number of hydrogen-bond donors (Lipinski definition) is 2. The molecule has 0 aliphatic rings. The van der Waals surface area contributed by atoms with Crippen LogP contribution >= 0.6 is 11.6 Å². The van der Waals surface area contributed by atoms with Crippen LogP contribution < -0.4 is 10.6 Å². The molecule has 0 bridgehead atoms. The van der Waals surface area contributed by atoms with Crippen molar-refractivity contribution in [3.63, 3.8) is 0 Å². The summed E-state index contributed by atoms with van der Waals surface area (Å²) >= 11 is 5.60. The minimum absolute atomic E-state index is 0.174. The van der Waals surface area contributed by atoms with Crippen LogP contribution in [-0.4, -0.2) is 41.3 Å². The van der Waals surface area contributed by atoms with E-state index < -0.39 is 35.5 Å². The van der Waals surface area contributed by atoms with E-state index in [9.17, 15) is 14.4 Å². The third-order valence-electron chi connectivity index (χ3n) is 4.05. The van der Waals surface area contributed by atoms with Crippen molar-refractivity contribution in [2.24, 2.45) is 5.92 Å². The van der Waals surface area contributed by atoms with Gasteiger partial charge in [0.05, 0.1) is 0 Å². The van der Waals surface area contributed by atoms with Crippen molar-refractivity contribution in [1.82, 2.24) is 10.6 Å². The summed E-state index contributed by atoms with van der Waals surface area (Å²) in [6, 6.07) is 8.10. The van der Waals surface area contributed by atoms with Crippen LogP contribution in [0.15, 0.2) is 30.3 Å². The predicted molar refractivity (Wildman–Crippen MR) is 115 cm³/mol. The fourth-order valence-corrected chi connectivity index (χ4v) is 2.87. The highest BCUT2D eigenvalue weighted by atomic mass is 35.5. The first kappa shape index (κ1) is 25.0. The lowest BCUT2D eigenvalue weighted by Gasteiger charge is -2.27. The number of benzene rings is 1. The number of amides is 2. The lowest BCUT2D eigenvalue weighted by atomic mass is 10.0. The summed E-state index contributed by atoms with van der Waals surface area (Å²) in [5, 5.41) is 5.41. The third kappa shape index (κ3) is 10.3. The fourth-order valence-electron chi connectivity index (χ4n) is 2.79. The number of carbonyl (C=O) groups is 3. The van der Waals surface area contributed by atoms with Gasteiger partial charge in [-0.2, -0.15) is 0 Å². The van der Waals surface area contributed by atoms with Crippen molar-refractivity contribution in [1.29, 1.82) is 0 Å². The lowest BCUT2D eigenvalue weighted by Crippen LogP contribution is -2.53. The molecule has 1 aromatic carbocycles. The van der Waals surface area contributed by atoms with Crippen LogP contribution in [0.2, 0.25) is 0 Å². The van der Waals surface area contributed by atoms with E-state index in [1.54, 1.807) is 20.8 Å². The molecule has 0 heterocycles. The fraction of sp³-hybridized carbons (Fsp3) is 0.591. The normalized spacial score (nSPS) is 13.5. The Bertz CT molecular complexity index is 671. The molecule has 29 heavy (non-hydrogen) atoms. The van der Waals surface area contributed by atoms with Crippen LogP contribution in [0.1, 0.15) is 53.0 Å². The van der Waals surface area contributed by atoms with E-state index in [1.165, 1.54) is 0 Å². The zero-order valence-corrected chi connectivity index (χ0v) is 18.7. The monoisotopic (exact) mass is 424 g/mol. The number of halogens is 1. The molecule has 0 radical (unpaired) electrons. The van der Waals surface area contributed by atoms with E-state index in [2.05, 4.69) is 10.6 Å². The van der Waals surface area contributed by atoms with Gasteiger partial charge in [0.25, 0.3) is 0 Å². The SMILES string of the molecule is CC(C)C[C@H](NC(=O)[C@H](CCc1ccccc1)NC(=O)CCl)C(=O)OC(C)(C)C. The van der Waals surface area contributed by atoms with Gasteiger partial charge in [-0.25, -0.2) is 4.79 Å². The number of rotatable bonds is 10. The molecule has 0 fully saturated rings. The molecule has 2 N–H and O–H groups in total. The highest BCUT2D eigenvalue weighted by Crippen LogP contribution is 2.14. The van der Waals surface area contributed by atoms with Crippen molar-refractivity contribution >= 4 is 29.4 Å². The van der Waals surface area contributed by atoms with E-state index >= 15 is 0 Å². The average Bonchev–Trinajstić information content (AvgIpc) is 2.63. The zero-order chi connectivity index (χ0) is 22.0. The number of carbonyl (C=O) groups excluding carboxylic acids is 3. The number of esters is 1. The van der Waals surface area contributed by atoms with Crippen LogP contribution in [0.5, 0.6) is 0 Å². The molecule has 1 rings (SSSR count). The highest BCUT2D eigenvalue weighted by molar-refractivity contribution is 6.27. The second-order valence-corrected chi connectivity index (χ2v) is 8.77. The maximum atomic E-state index is 12.9. The Labute approximate surface area is 178 Å². The van der Waals surface area contributed by atoms with Crippen LogP contribution in [0.25, 0.3) is 0 Å².